The summed E-state index contributed by atoms with van der Waals surface area (Å²) in [6.07, 6.45) is 10.4. The first-order chi connectivity index (χ1) is 63.5. The lowest BCUT2D eigenvalue weighted by Gasteiger charge is -2.41. The van der Waals surface area contributed by atoms with Crippen LogP contribution in [0.5, 0.6) is 0 Å². The van der Waals surface area contributed by atoms with Crippen molar-refractivity contribution in [3.05, 3.63) is 191 Å². The number of hydrogen-bond acceptors (Lipinski definition) is 12. The third-order valence-corrected chi connectivity index (χ3v) is 26.4. The average Bonchev–Trinajstić information content (AvgIpc) is 1.49. The molecule has 14 nitrogen and oxygen atoms in total. The lowest BCUT2D eigenvalue weighted by Crippen LogP contribution is -2.44. The van der Waals surface area contributed by atoms with Crippen LogP contribution in [0.4, 0.5) is 22.7 Å². The van der Waals surface area contributed by atoms with E-state index in [1.54, 1.807) is 56.0 Å². The number of furan rings is 4. The Labute approximate surface area is 722 Å². The van der Waals surface area contributed by atoms with Gasteiger partial charge in [-0.3, -0.25) is 0 Å². The SMILES string of the molecule is Cc1ccccc1-n1ccc[n+]1C.[2H]C([2H])([2H])C1(C([2H])([2H])[2H])C(C)N(c2c(C)ccc3c2oc2nc(C)ccc23)C(C)(C)C1([2H])[2H].[2H]C([2H])([2H])C1(C([2H])([2H])[2H])C(C)N(c2c(C)ccc3c2oc2ncccc23)C(C)(C)C1([2H])[2H].[2H]C1([2H])C2(CCCCC2)C(C)N(c2c(C)ccc3c2oc2nc(C)ccc23)C1(C)C.[2H]C1([2H])C2(CCCCC2)C(C)N(c2c(C)ccc3c2oc2ncccc23)C1(C)C. The van der Waals surface area contributed by atoms with Gasteiger partial charge in [-0.15, -0.1) is 9.36 Å². The second kappa shape index (κ2) is 29.7. The number of benzene rings is 5. The van der Waals surface area contributed by atoms with E-state index in [0.717, 1.165) is 151 Å². The maximum absolute atomic E-state index is 9.34. The van der Waals surface area contributed by atoms with Crippen molar-refractivity contribution in [1.29, 1.82) is 0 Å². The largest absolute Gasteiger partial charge is 0.436 e. The fraction of sp³-hybridized carbons (Fsp3) is 0.485. The maximum Gasteiger partial charge on any atom is 0.227 e. The molecule has 13 heterocycles. The number of anilines is 4. The fourth-order valence-corrected chi connectivity index (χ4v) is 21.0. The zero-order chi connectivity index (χ0) is 100. The number of para-hydroxylation sites is 1. The van der Waals surface area contributed by atoms with Crippen molar-refractivity contribution in [2.75, 3.05) is 19.6 Å². The summed E-state index contributed by atoms with van der Waals surface area (Å²) in [6.45, 7) is 23.4. The molecular formula is C103H129N10O4+. The van der Waals surface area contributed by atoms with Crippen LogP contribution in [0.25, 0.3) is 94.0 Å². The van der Waals surface area contributed by atoms with E-state index in [4.69, 9.17) is 39.6 Å². The topological polar surface area (TPSA) is 126 Å². The normalized spacial score (nSPS) is 26.5. The van der Waals surface area contributed by atoms with Gasteiger partial charge in [-0.05, 0) is 287 Å². The molecule has 6 aliphatic rings. The molecule has 4 aliphatic heterocycles. The van der Waals surface area contributed by atoms with Gasteiger partial charge in [0, 0.05) is 147 Å². The highest BCUT2D eigenvalue weighted by atomic mass is 16.4. The van der Waals surface area contributed by atoms with Gasteiger partial charge < -0.3 is 37.3 Å². The van der Waals surface area contributed by atoms with Crippen molar-refractivity contribution in [3.8, 4) is 5.69 Å². The summed E-state index contributed by atoms with van der Waals surface area (Å²) in [5.74, 6) is 0. The minimum absolute atomic E-state index is 0.0926. The number of aromatic nitrogens is 6. The molecule has 2 spiro atoms. The second-order valence-corrected chi connectivity index (χ2v) is 36.3. The van der Waals surface area contributed by atoms with E-state index in [2.05, 4.69) is 162 Å². The number of pyridine rings is 4. The van der Waals surface area contributed by atoms with Gasteiger partial charge in [0.15, 0.2) is 35.6 Å². The second-order valence-electron chi connectivity index (χ2n) is 36.3. The third-order valence-electron chi connectivity index (χ3n) is 26.4. The van der Waals surface area contributed by atoms with Crippen LogP contribution in [0.2, 0.25) is 0 Å². The Bertz CT molecular complexity index is 6970. The van der Waals surface area contributed by atoms with Gasteiger partial charge in [0.2, 0.25) is 22.9 Å². The number of nitrogens with zero attached hydrogens (tertiary/aromatic N) is 10. The van der Waals surface area contributed by atoms with Crippen LogP contribution in [0.15, 0.2) is 170 Å². The molecule has 5 aromatic carbocycles. The van der Waals surface area contributed by atoms with E-state index in [9.17, 15) is 5.48 Å². The van der Waals surface area contributed by atoms with E-state index < -0.39 is 98.0 Å². The number of rotatable bonds is 5. The molecule has 4 atom stereocenters. The Morgan fingerprint density at radius 2 is 0.701 bits per heavy atom. The first kappa shape index (κ1) is 59.9. The molecular weight excluding hydrogens is 1440 g/mol. The summed E-state index contributed by atoms with van der Waals surface area (Å²) >= 11 is 0. The molecule has 0 radical (unpaired) electrons. The Hall–Kier alpha value is -9.69. The van der Waals surface area contributed by atoms with E-state index >= 15 is 0 Å². The van der Waals surface area contributed by atoms with E-state index in [1.165, 1.54) is 37.9 Å². The molecule has 14 aromatic rings. The minimum Gasteiger partial charge on any atom is -0.436 e. The summed E-state index contributed by atoms with van der Waals surface area (Å²) in [4.78, 5) is 25.7. The molecule has 6 fully saturated rings. The van der Waals surface area contributed by atoms with Gasteiger partial charge in [-0.1, -0.05) is 133 Å². The van der Waals surface area contributed by atoms with Crippen molar-refractivity contribution >= 4 is 111 Å². The first-order valence-corrected chi connectivity index (χ1v) is 41.9. The first-order valence-electron chi connectivity index (χ1n) is 51.9. The molecule has 0 bridgehead atoms. The molecule has 4 saturated heterocycles. The van der Waals surface area contributed by atoms with Gasteiger partial charge in [-0.2, -0.15) is 0 Å². The molecule has 14 heteroatoms. The monoisotopic (exact) mass is 1590 g/mol. The quantitative estimate of drug-likeness (QED) is 0.152. The van der Waals surface area contributed by atoms with Crippen LogP contribution in [-0.2, 0) is 7.05 Å². The van der Waals surface area contributed by atoms with E-state index in [0.29, 0.717) is 45.4 Å². The standard InChI is InChI=1S/C25H32N2O.C24H30N2O.C22H28N2O.C21H26N2O.C11H13N2/c1-16-9-11-19-20-12-10-17(2)26-23(20)28-22(19)21(16)27-18(3)25(15-24(27,4)5)13-7-6-8-14-25;1-16-10-11-18-19-9-8-14-25-22(19)27-21(18)20(16)26-17(2)24(15-23(26,3)4)12-6-5-7-13-24;1-13-8-10-16-17-11-9-14(2)23-20(17)25-19(16)18(13)24-15(3)21(4,5)12-22(24,6)7;1-13-9-10-15-16-8-7-11-22-19(16)24-18(15)17(13)23-14(2)20(3,4)12-21(23,5)6;1-10-6-3-4-7-11(10)13-9-5-8-12(13)2/h9-12,18H,6-8,13-15H2,1-5H3;8-11,14,17H,5-7,12-13,15H2,1-4H3;8-11,15H,12H2,1-7H3;7-11,14H,12H2,1-6H3;3-9H,1-2H3/q;;;;+1/i2*15D2;4D3,5D3,12D2;3D3,4D3,12D2;. The van der Waals surface area contributed by atoms with Crippen molar-refractivity contribution in [3.63, 3.8) is 0 Å². The maximum atomic E-state index is 9.34. The fourth-order valence-electron chi connectivity index (χ4n) is 21.0. The Morgan fingerprint density at radius 3 is 1.04 bits per heavy atom. The molecule has 20 rings (SSSR count). The zero-order valence-corrected chi connectivity index (χ0v) is 71.9. The highest BCUT2D eigenvalue weighted by Crippen LogP contribution is 2.60. The molecule has 614 valence electrons. The molecule has 4 unspecified atom stereocenters. The van der Waals surface area contributed by atoms with Crippen LogP contribution >= 0.6 is 0 Å². The zero-order valence-electron chi connectivity index (χ0n) is 91.9. The van der Waals surface area contributed by atoms with Gasteiger partial charge in [0.1, 0.15) is 5.69 Å². The summed E-state index contributed by atoms with van der Waals surface area (Å²) in [6, 6.07) is 39.7. The molecule has 9 aromatic heterocycles. The van der Waals surface area contributed by atoms with Crippen LogP contribution in [0.3, 0.4) is 0 Å². The highest BCUT2D eigenvalue weighted by molar-refractivity contribution is 6.12. The number of aryl methyl sites for hydroxylation is 8. The predicted octanol–water partition coefficient (Wildman–Crippen LogP) is 26.8. The summed E-state index contributed by atoms with van der Waals surface area (Å²) in [5.41, 5.74) is 5.45. The van der Waals surface area contributed by atoms with Gasteiger partial charge in [0.05, 0.1) is 28.9 Å². The van der Waals surface area contributed by atoms with Gasteiger partial charge in [0.25, 0.3) is 0 Å². The molecule has 0 amide bonds. The van der Waals surface area contributed by atoms with Crippen molar-refractivity contribution in [2.24, 2.45) is 28.7 Å². The van der Waals surface area contributed by atoms with Crippen molar-refractivity contribution < 1.29 is 49.8 Å². The van der Waals surface area contributed by atoms with Crippen molar-refractivity contribution in [2.45, 2.75) is 295 Å². The predicted molar refractivity (Wildman–Crippen MR) is 487 cm³/mol. The summed E-state index contributed by atoms with van der Waals surface area (Å²) in [7, 11) is 2.03. The van der Waals surface area contributed by atoms with Crippen LogP contribution < -0.4 is 24.3 Å². The Morgan fingerprint density at radius 1 is 0.368 bits per heavy atom. The van der Waals surface area contributed by atoms with Crippen LogP contribution in [-0.4, -0.2) is 70.9 Å². The molecule has 2 saturated carbocycles. The van der Waals surface area contributed by atoms with Gasteiger partial charge >= 0.3 is 0 Å². The average molecular weight is 1590 g/mol. The van der Waals surface area contributed by atoms with Gasteiger partial charge in [-0.25, -0.2) is 19.9 Å². The molecule has 2 aliphatic carbocycles. The lowest BCUT2D eigenvalue weighted by atomic mass is 9.68. The Balaban J connectivity index is 0.000000127. The van der Waals surface area contributed by atoms with Crippen LogP contribution in [0, 0.1) is 70.1 Å². The van der Waals surface area contributed by atoms with Crippen molar-refractivity contribution in [1.82, 2.24) is 24.6 Å². The highest BCUT2D eigenvalue weighted by Gasteiger charge is 2.57. The van der Waals surface area contributed by atoms with Crippen LogP contribution in [0.1, 0.15) is 267 Å². The summed E-state index contributed by atoms with van der Waals surface area (Å²) in [5, 5.41) is 7.21. The van der Waals surface area contributed by atoms with E-state index in [-0.39, 0.29) is 22.9 Å². The molecule has 117 heavy (non-hydrogen) atoms. The Kier molecular flexibility index (Phi) is 15.2. The van der Waals surface area contributed by atoms with E-state index in [1.807, 2.05) is 108 Å². The minimum atomic E-state index is -3.10. The third kappa shape index (κ3) is 14.0. The smallest absolute Gasteiger partial charge is 0.227 e. The number of hydrogen-bond donors (Lipinski definition) is 0. The molecule has 0 N–H and O–H groups in total. The number of fused-ring (bicyclic) bond motifs is 12. The lowest BCUT2D eigenvalue weighted by molar-refractivity contribution is -0.744. The summed E-state index contributed by atoms with van der Waals surface area (Å²) < 4.78 is 201.